The van der Waals surface area contributed by atoms with Gasteiger partial charge < -0.3 is 15.2 Å². The number of benzene rings is 1. The van der Waals surface area contributed by atoms with Crippen LogP contribution in [0.2, 0.25) is 0 Å². The van der Waals surface area contributed by atoms with Crippen molar-refractivity contribution in [3.63, 3.8) is 0 Å². The van der Waals surface area contributed by atoms with Gasteiger partial charge in [-0.2, -0.15) is 0 Å². The number of carbonyl (C=O) groups is 1. The third-order valence-corrected chi connectivity index (χ3v) is 8.54. The van der Waals surface area contributed by atoms with Crippen molar-refractivity contribution < 1.29 is 13.2 Å². The molecule has 194 valence electrons. The summed E-state index contributed by atoms with van der Waals surface area (Å²) in [5.41, 5.74) is 4.81. The molecule has 2 N–H and O–H groups in total. The minimum absolute atomic E-state index is 0.155. The van der Waals surface area contributed by atoms with Crippen LogP contribution in [0.3, 0.4) is 0 Å². The Bertz CT molecular complexity index is 1310. The van der Waals surface area contributed by atoms with Crippen LogP contribution >= 0.6 is 0 Å². The van der Waals surface area contributed by atoms with E-state index in [9.17, 15) is 18.0 Å². The fraction of sp³-hybridized carbons (Fsp3) is 0.481. The molecule has 2 aliphatic heterocycles. The molecule has 36 heavy (non-hydrogen) atoms. The van der Waals surface area contributed by atoms with Crippen molar-refractivity contribution in [1.82, 2.24) is 14.6 Å². The molecule has 1 aromatic carbocycles. The highest BCUT2D eigenvalue weighted by Crippen LogP contribution is 2.30. The van der Waals surface area contributed by atoms with E-state index in [1.165, 1.54) is 6.26 Å². The first-order chi connectivity index (χ1) is 17.2. The molecule has 8 nitrogen and oxygen atoms in total. The Hall–Kier alpha value is -2.91. The fourth-order valence-electron chi connectivity index (χ4n) is 5.41. The standard InChI is InChI=1S/C27H36N4O4S/c1-4-31(21-13-15-30(16-14-21)36(3,34)35)25-12-8-11-23-22(25)10-7-5-6-9-20-17-19(2)29-27(33)24(20)18-28-26(23)32/h5,7-8,11-12,17,21H,4,6,9-10,13-16,18H2,1-3H3,(H,28,32)(H,29,33)/b7-5+. The number of fused-ring (bicyclic) bond motifs is 2. The lowest BCUT2D eigenvalue weighted by Gasteiger charge is -2.39. The van der Waals surface area contributed by atoms with Crippen LogP contribution in [-0.4, -0.2) is 55.5 Å². The molecule has 0 unspecified atom stereocenters. The Morgan fingerprint density at radius 3 is 2.56 bits per heavy atom. The number of amides is 1. The molecule has 0 saturated carbocycles. The number of nitrogens with zero attached hydrogens (tertiary/aromatic N) is 2. The molecule has 2 aliphatic rings. The van der Waals surface area contributed by atoms with Gasteiger partial charge in [0.25, 0.3) is 11.5 Å². The average Bonchev–Trinajstić information content (AvgIpc) is 2.83. The Kier molecular flexibility index (Phi) is 8.00. The number of H-pyrrole nitrogens is 1. The van der Waals surface area contributed by atoms with Gasteiger partial charge in [0, 0.05) is 54.7 Å². The van der Waals surface area contributed by atoms with Crippen LogP contribution < -0.4 is 15.8 Å². The average molecular weight is 513 g/mol. The van der Waals surface area contributed by atoms with E-state index in [2.05, 4.69) is 40.3 Å². The highest BCUT2D eigenvalue weighted by molar-refractivity contribution is 7.88. The smallest absolute Gasteiger partial charge is 0.253 e. The van der Waals surface area contributed by atoms with Gasteiger partial charge in [0.15, 0.2) is 0 Å². The molecule has 2 aromatic rings. The lowest BCUT2D eigenvalue weighted by atomic mass is 9.96. The molecule has 3 heterocycles. The summed E-state index contributed by atoms with van der Waals surface area (Å²) in [5.74, 6) is -0.199. The number of hydrogen-bond acceptors (Lipinski definition) is 5. The number of carbonyl (C=O) groups excluding carboxylic acids is 1. The largest absolute Gasteiger partial charge is 0.368 e. The number of pyridine rings is 1. The minimum Gasteiger partial charge on any atom is -0.368 e. The summed E-state index contributed by atoms with van der Waals surface area (Å²) in [6.07, 6.45) is 9.15. The maximum atomic E-state index is 13.4. The van der Waals surface area contributed by atoms with E-state index in [1.54, 1.807) is 4.31 Å². The van der Waals surface area contributed by atoms with E-state index < -0.39 is 10.0 Å². The van der Waals surface area contributed by atoms with E-state index in [1.807, 2.05) is 25.1 Å². The Morgan fingerprint density at radius 2 is 1.86 bits per heavy atom. The number of hydrogen-bond donors (Lipinski definition) is 2. The van der Waals surface area contributed by atoms with Gasteiger partial charge in [-0.15, -0.1) is 0 Å². The molecule has 0 aliphatic carbocycles. The molecule has 4 rings (SSSR count). The van der Waals surface area contributed by atoms with Crippen molar-refractivity contribution in [3.05, 3.63) is 74.7 Å². The van der Waals surface area contributed by atoms with Crippen LogP contribution in [0.1, 0.15) is 58.9 Å². The fourth-order valence-corrected chi connectivity index (χ4v) is 6.28. The monoisotopic (exact) mass is 512 g/mol. The maximum absolute atomic E-state index is 13.4. The van der Waals surface area contributed by atoms with Crippen molar-refractivity contribution in [2.75, 3.05) is 30.8 Å². The number of aromatic amines is 1. The zero-order valence-electron chi connectivity index (χ0n) is 21.3. The van der Waals surface area contributed by atoms with Crippen molar-refractivity contribution >= 4 is 21.6 Å². The van der Waals surface area contributed by atoms with Crippen molar-refractivity contribution in [1.29, 1.82) is 0 Å². The van der Waals surface area contributed by atoms with Crippen molar-refractivity contribution in [2.24, 2.45) is 0 Å². The Balaban J connectivity index is 1.65. The van der Waals surface area contributed by atoms with Gasteiger partial charge in [0.05, 0.1) is 6.26 Å². The van der Waals surface area contributed by atoms with Crippen LogP contribution in [0.5, 0.6) is 0 Å². The van der Waals surface area contributed by atoms with E-state index in [0.717, 1.165) is 54.7 Å². The summed E-state index contributed by atoms with van der Waals surface area (Å²) in [4.78, 5) is 31.2. The third-order valence-electron chi connectivity index (χ3n) is 7.24. The molecule has 0 spiro atoms. The van der Waals surface area contributed by atoms with Gasteiger partial charge in [-0.25, -0.2) is 12.7 Å². The molecule has 0 atom stereocenters. The number of aryl methyl sites for hydroxylation is 2. The third kappa shape index (κ3) is 5.73. The van der Waals surface area contributed by atoms with Crippen LogP contribution in [-0.2, 0) is 29.4 Å². The van der Waals surface area contributed by atoms with Gasteiger partial charge in [0.2, 0.25) is 10.0 Å². The van der Waals surface area contributed by atoms with Gasteiger partial charge in [-0.3, -0.25) is 9.59 Å². The second kappa shape index (κ2) is 11.0. The van der Waals surface area contributed by atoms with E-state index in [0.29, 0.717) is 30.6 Å². The SMILES string of the molecule is CCN(c1cccc2c1C/C=C/CCc1cc(C)[nH]c(=O)c1CNC2=O)C1CCN(S(C)(=O)=O)CC1. The summed E-state index contributed by atoms with van der Waals surface area (Å²) in [7, 11) is -3.19. The summed E-state index contributed by atoms with van der Waals surface area (Å²) in [5, 5.41) is 2.98. The maximum Gasteiger partial charge on any atom is 0.253 e. The second-order valence-corrected chi connectivity index (χ2v) is 11.6. The van der Waals surface area contributed by atoms with Crippen molar-refractivity contribution in [2.45, 2.75) is 58.5 Å². The highest BCUT2D eigenvalue weighted by Gasteiger charge is 2.29. The predicted molar refractivity (Wildman–Crippen MR) is 143 cm³/mol. The van der Waals surface area contributed by atoms with Gasteiger partial charge >= 0.3 is 0 Å². The summed E-state index contributed by atoms with van der Waals surface area (Å²) >= 11 is 0. The van der Waals surface area contributed by atoms with Gasteiger partial charge in [0.1, 0.15) is 0 Å². The summed E-state index contributed by atoms with van der Waals surface area (Å²) < 4.78 is 25.5. The number of piperidine rings is 1. The normalized spacial score (nSPS) is 18.8. The molecule has 1 amide bonds. The molecule has 9 heteroatoms. The first-order valence-corrected chi connectivity index (χ1v) is 14.5. The number of aromatic nitrogens is 1. The zero-order chi connectivity index (χ0) is 25.9. The van der Waals surface area contributed by atoms with Gasteiger partial charge in [-0.1, -0.05) is 18.2 Å². The van der Waals surface area contributed by atoms with E-state index in [-0.39, 0.29) is 24.1 Å². The predicted octanol–water partition coefficient (Wildman–Crippen LogP) is 2.91. The van der Waals surface area contributed by atoms with Crippen LogP contribution in [0, 0.1) is 6.92 Å². The van der Waals surface area contributed by atoms with E-state index in [4.69, 9.17) is 0 Å². The number of nitrogens with one attached hydrogen (secondary N) is 2. The minimum atomic E-state index is -3.19. The summed E-state index contributed by atoms with van der Waals surface area (Å²) in [6.45, 7) is 5.91. The molecule has 1 aromatic heterocycles. The van der Waals surface area contributed by atoms with Gasteiger partial charge in [-0.05, 0) is 75.3 Å². The molecule has 0 bridgehead atoms. The number of rotatable bonds is 4. The lowest BCUT2D eigenvalue weighted by molar-refractivity contribution is 0.0950. The summed E-state index contributed by atoms with van der Waals surface area (Å²) in [6, 6.07) is 7.99. The molecule has 0 radical (unpaired) electrons. The van der Waals surface area contributed by atoms with Crippen molar-refractivity contribution in [3.8, 4) is 0 Å². The van der Waals surface area contributed by atoms with Crippen LogP contribution in [0.4, 0.5) is 5.69 Å². The topological polar surface area (TPSA) is 103 Å². The Morgan fingerprint density at radius 1 is 1.11 bits per heavy atom. The quantitative estimate of drug-likeness (QED) is 0.614. The van der Waals surface area contributed by atoms with Crippen LogP contribution in [0.15, 0.2) is 41.2 Å². The Labute approximate surface area is 213 Å². The molecule has 1 saturated heterocycles. The number of anilines is 1. The first-order valence-electron chi connectivity index (χ1n) is 12.7. The zero-order valence-corrected chi connectivity index (χ0v) is 22.2. The molecular weight excluding hydrogens is 476 g/mol. The lowest BCUT2D eigenvalue weighted by Crippen LogP contribution is -2.47. The number of allylic oxidation sites excluding steroid dienone is 2. The molecule has 1 fully saturated rings. The van der Waals surface area contributed by atoms with E-state index >= 15 is 0 Å². The number of sulfonamides is 1. The molecular formula is C27H36N4O4S. The highest BCUT2D eigenvalue weighted by atomic mass is 32.2. The van der Waals surface area contributed by atoms with Crippen LogP contribution in [0.25, 0.3) is 0 Å². The first kappa shape index (κ1) is 26.2. The second-order valence-electron chi connectivity index (χ2n) is 9.66.